The van der Waals surface area contributed by atoms with Crippen molar-refractivity contribution < 1.29 is 4.79 Å². The van der Waals surface area contributed by atoms with Gasteiger partial charge < -0.3 is 10.2 Å². The first-order valence-corrected chi connectivity index (χ1v) is 5.60. The normalized spacial score (nSPS) is 11.5. The van der Waals surface area contributed by atoms with Gasteiger partial charge in [-0.05, 0) is 19.1 Å². The summed E-state index contributed by atoms with van der Waals surface area (Å²) in [5.41, 5.74) is 0.418. The molecule has 0 aliphatic rings. The summed E-state index contributed by atoms with van der Waals surface area (Å²) >= 11 is 11.7. The van der Waals surface area contributed by atoms with E-state index < -0.39 is 12.1 Å². The number of nitriles is 1. The van der Waals surface area contributed by atoms with Gasteiger partial charge >= 0.3 is 6.03 Å². The average Bonchev–Trinajstić information content (AvgIpc) is 2.32. The van der Waals surface area contributed by atoms with Crippen molar-refractivity contribution in [3.05, 3.63) is 28.2 Å². The molecule has 0 saturated heterocycles. The molecule has 90 valence electrons. The van der Waals surface area contributed by atoms with E-state index in [2.05, 4.69) is 5.32 Å². The van der Waals surface area contributed by atoms with Crippen molar-refractivity contribution in [2.45, 2.75) is 13.0 Å². The van der Waals surface area contributed by atoms with Crippen LogP contribution in [0, 0.1) is 11.3 Å². The maximum atomic E-state index is 11.7. The Labute approximate surface area is 110 Å². The third-order valence-corrected chi connectivity index (χ3v) is 3.10. The first-order valence-electron chi connectivity index (χ1n) is 4.84. The second kappa shape index (κ2) is 5.76. The van der Waals surface area contributed by atoms with Gasteiger partial charge in [0.2, 0.25) is 0 Å². The average molecular weight is 272 g/mol. The Balaban J connectivity index is 2.82. The standard InChI is InChI=1S/C11H11Cl2N3O/c1-7(6-14)16(2)11(17)15-9-5-3-4-8(12)10(9)13/h3-5,7H,1-2H3,(H,15,17)/t7-/m0/s1. The third kappa shape index (κ3) is 3.26. The molecule has 0 fully saturated rings. The van der Waals surface area contributed by atoms with Gasteiger partial charge in [0.1, 0.15) is 6.04 Å². The van der Waals surface area contributed by atoms with Crippen molar-refractivity contribution in [2.24, 2.45) is 0 Å². The minimum Gasteiger partial charge on any atom is -0.312 e. The molecular formula is C11H11Cl2N3O. The monoisotopic (exact) mass is 271 g/mol. The van der Waals surface area contributed by atoms with Crippen LogP contribution in [0.3, 0.4) is 0 Å². The largest absolute Gasteiger partial charge is 0.322 e. The zero-order valence-electron chi connectivity index (χ0n) is 9.37. The number of carbonyl (C=O) groups excluding carboxylic acids is 1. The summed E-state index contributed by atoms with van der Waals surface area (Å²) in [7, 11) is 1.53. The number of rotatable bonds is 2. The Morgan fingerprint density at radius 2 is 2.18 bits per heavy atom. The van der Waals surface area contributed by atoms with Gasteiger partial charge in [0, 0.05) is 7.05 Å². The van der Waals surface area contributed by atoms with Gasteiger partial charge in [-0.2, -0.15) is 5.26 Å². The minimum atomic E-state index is -0.520. The number of nitrogens with one attached hydrogen (secondary N) is 1. The van der Waals surface area contributed by atoms with Crippen LogP contribution in [0.5, 0.6) is 0 Å². The molecule has 1 atom stereocenters. The van der Waals surface area contributed by atoms with Crippen LogP contribution in [0.1, 0.15) is 6.92 Å². The topological polar surface area (TPSA) is 56.1 Å². The molecule has 4 nitrogen and oxygen atoms in total. The van der Waals surface area contributed by atoms with Gasteiger partial charge in [0.25, 0.3) is 0 Å². The summed E-state index contributed by atoms with van der Waals surface area (Å²) in [6.45, 7) is 1.62. The first kappa shape index (κ1) is 13.6. The predicted molar refractivity (Wildman–Crippen MR) is 68.3 cm³/mol. The van der Waals surface area contributed by atoms with E-state index >= 15 is 0 Å². The maximum absolute atomic E-state index is 11.7. The van der Waals surface area contributed by atoms with E-state index in [1.54, 1.807) is 25.1 Å². The third-order valence-electron chi connectivity index (χ3n) is 2.28. The summed E-state index contributed by atoms with van der Waals surface area (Å²) < 4.78 is 0. The van der Waals surface area contributed by atoms with Crippen molar-refractivity contribution in [2.75, 3.05) is 12.4 Å². The molecular weight excluding hydrogens is 261 g/mol. The van der Waals surface area contributed by atoms with E-state index in [0.717, 1.165) is 0 Å². The fraction of sp³-hybridized carbons (Fsp3) is 0.273. The Hall–Kier alpha value is -1.44. The number of urea groups is 1. The molecule has 0 unspecified atom stereocenters. The molecule has 1 rings (SSSR count). The number of anilines is 1. The number of carbonyl (C=O) groups is 1. The fourth-order valence-corrected chi connectivity index (χ4v) is 1.41. The van der Waals surface area contributed by atoms with Gasteiger partial charge in [-0.15, -0.1) is 0 Å². The summed E-state index contributed by atoms with van der Waals surface area (Å²) in [5, 5.41) is 11.9. The molecule has 0 bridgehead atoms. The van der Waals surface area contributed by atoms with Crippen molar-refractivity contribution >= 4 is 34.9 Å². The molecule has 0 saturated carbocycles. The van der Waals surface area contributed by atoms with Crippen LogP contribution in [-0.2, 0) is 0 Å². The lowest BCUT2D eigenvalue weighted by molar-refractivity contribution is 0.217. The maximum Gasteiger partial charge on any atom is 0.322 e. The number of nitrogens with zero attached hydrogens (tertiary/aromatic N) is 2. The van der Waals surface area contributed by atoms with E-state index in [-0.39, 0.29) is 5.02 Å². The lowest BCUT2D eigenvalue weighted by atomic mass is 10.3. The van der Waals surface area contributed by atoms with Crippen LogP contribution in [0.4, 0.5) is 10.5 Å². The Morgan fingerprint density at radius 3 is 2.76 bits per heavy atom. The molecule has 0 aromatic heterocycles. The highest BCUT2D eigenvalue weighted by atomic mass is 35.5. The summed E-state index contributed by atoms with van der Waals surface area (Å²) in [6.07, 6.45) is 0. The van der Waals surface area contributed by atoms with Crippen LogP contribution in [0.15, 0.2) is 18.2 Å². The molecule has 0 aliphatic heterocycles. The second-order valence-corrected chi connectivity index (χ2v) is 4.23. The SMILES string of the molecule is C[C@@H](C#N)N(C)C(=O)Nc1cccc(Cl)c1Cl. The highest BCUT2D eigenvalue weighted by molar-refractivity contribution is 6.43. The van der Waals surface area contributed by atoms with Gasteiger partial charge in [0.05, 0.1) is 21.8 Å². The van der Waals surface area contributed by atoms with Crippen molar-refractivity contribution in [3.8, 4) is 6.07 Å². The molecule has 0 heterocycles. The lowest BCUT2D eigenvalue weighted by Crippen LogP contribution is -2.37. The number of hydrogen-bond acceptors (Lipinski definition) is 2. The van der Waals surface area contributed by atoms with Crippen LogP contribution in [-0.4, -0.2) is 24.0 Å². The molecule has 1 aromatic carbocycles. The minimum absolute atomic E-state index is 0.278. The van der Waals surface area contributed by atoms with Crippen molar-refractivity contribution in [3.63, 3.8) is 0 Å². The molecule has 0 radical (unpaired) electrons. The molecule has 17 heavy (non-hydrogen) atoms. The zero-order valence-corrected chi connectivity index (χ0v) is 10.9. The van der Waals surface area contributed by atoms with Crippen LogP contribution < -0.4 is 5.32 Å². The van der Waals surface area contributed by atoms with Gasteiger partial charge in [-0.25, -0.2) is 4.79 Å². The van der Waals surface area contributed by atoms with Crippen LogP contribution in [0.25, 0.3) is 0 Å². The Kier molecular flexibility index (Phi) is 4.62. The highest BCUT2D eigenvalue weighted by Crippen LogP contribution is 2.29. The fourth-order valence-electron chi connectivity index (χ4n) is 1.07. The molecule has 0 spiro atoms. The molecule has 0 aliphatic carbocycles. The van der Waals surface area contributed by atoms with Gasteiger partial charge in [-0.1, -0.05) is 29.3 Å². The van der Waals surface area contributed by atoms with E-state index in [0.29, 0.717) is 10.7 Å². The second-order valence-electron chi connectivity index (χ2n) is 3.45. The van der Waals surface area contributed by atoms with Crippen LogP contribution in [0.2, 0.25) is 10.0 Å². The molecule has 1 N–H and O–H groups in total. The number of halogens is 2. The van der Waals surface area contributed by atoms with E-state index in [4.69, 9.17) is 28.5 Å². The van der Waals surface area contributed by atoms with E-state index in [1.807, 2.05) is 6.07 Å². The lowest BCUT2D eigenvalue weighted by Gasteiger charge is -2.20. The molecule has 6 heteroatoms. The summed E-state index contributed by atoms with van der Waals surface area (Å²) in [6, 6.07) is 5.97. The number of benzene rings is 1. The van der Waals surface area contributed by atoms with Gasteiger partial charge in [0.15, 0.2) is 0 Å². The quantitative estimate of drug-likeness (QED) is 0.897. The van der Waals surface area contributed by atoms with Gasteiger partial charge in [-0.3, -0.25) is 0 Å². The smallest absolute Gasteiger partial charge is 0.312 e. The molecule has 1 aromatic rings. The van der Waals surface area contributed by atoms with Crippen molar-refractivity contribution in [1.82, 2.24) is 4.90 Å². The highest BCUT2D eigenvalue weighted by Gasteiger charge is 2.16. The molecule has 2 amide bonds. The number of hydrogen-bond donors (Lipinski definition) is 1. The first-order chi connectivity index (χ1) is 7.97. The number of amides is 2. The van der Waals surface area contributed by atoms with Crippen LogP contribution >= 0.6 is 23.2 Å². The summed E-state index contributed by atoms with van der Waals surface area (Å²) in [4.78, 5) is 13.0. The van der Waals surface area contributed by atoms with E-state index in [9.17, 15) is 4.79 Å². The zero-order chi connectivity index (χ0) is 13.0. The summed E-state index contributed by atoms with van der Waals surface area (Å²) in [5.74, 6) is 0. The van der Waals surface area contributed by atoms with E-state index in [1.165, 1.54) is 11.9 Å². The predicted octanol–water partition coefficient (Wildman–Crippen LogP) is 3.37. The Bertz CT molecular complexity index is 470. The Morgan fingerprint density at radius 1 is 1.53 bits per heavy atom. The van der Waals surface area contributed by atoms with Crippen molar-refractivity contribution in [1.29, 1.82) is 5.26 Å².